The van der Waals surface area contributed by atoms with Crippen LogP contribution in [0.1, 0.15) is 23.3 Å². The van der Waals surface area contributed by atoms with Crippen molar-refractivity contribution in [3.8, 4) is 0 Å². The molecule has 2 N–H and O–H groups in total. The van der Waals surface area contributed by atoms with Crippen molar-refractivity contribution in [2.45, 2.75) is 18.9 Å². The number of nitrogens with zero attached hydrogens (tertiary/aromatic N) is 2. The average molecular weight is 445 g/mol. The van der Waals surface area contributed by atoms with Crippen LogP contribution in [0.3, 0.4) is 0 Å². The summed E-state index contributed by atoms with van der Waals surface area (Å²) in [5.41, 5.74) is 0.891. The Morgan fingerprint density at radius 2 is 1.94 bits per heavy atom. The molecule has 1 aliphatic heterocycles. The van der Waals surface area contributed by atoms with Crippen molar-refractivity contribution in [2.24, 2.45) is 0 Å². The number of hydrogen-bond donors (Lipinski definition) is 2. The number of carbonyl (C=O) groups is 3. The molecule has 10 heteroatoms. The minimum Gasteiger partial charge on any atom is -0.351 e. The number of sulfone groups is 1. The Morgan fingerprint density at radius 1 is 1.16 bits per heavy atom. The molecule has 2 heterocycles. The Morgan fingerprint density at radius 3 is 2.71 bits per heavy atom. The van der Waals surface area contributed by atoms with E-state index in [0.29, 0.717) is 24.9 Å². The van der Waals surface area contributed by atoms with Crippen LogP contribution in [0, 0.1) is 0 Å². The van der Waals surface area contributed by atoms with Crippen LogP contribution in [0.5, 0.6) is 0 Å². The molecule has 0 saturated carbocycles. The van der Waals surface area contributed by atoms with Gasteiger partial charge in [0.2, 0.25) is 11.8 Å². The minimum atomic E-state index is -3.26. The fourth-order valence-electron chi connectivity index (χ4n) is 3.38. The second-order valence-electron chi connectivity index (χ2n) is 7.26. The zero-order valence-corrected chi connectivity index (χ0v) is 17.9. The summed E-state index contributed by atoms with van der Waals surface area (Å²) >= 11 is 0. The van der Waals surface area contributed by atoms with Gasteiger partial charge in [-0.1, -0.05) is 30.3 Å². The summed E-state index contributed by atoms with van der Waals surface area (Å²) < 4.78 is 22.2. The van der Waals surface area contributed by atoms with Gasteiger partial charge in [0.25, 0.3) is 5.91 Å². The van der Waals surface area contributed by atoms with E-state index in [1.165, 1.54) is 11.0 Å². The second-order valence-corrected chi connectivity index (χ2v) is 9.19. The molecule has 0 spiro atoms. The zero-order chi connectivity index (χ0) is 22.4. The van der Waals surface area contributed by atoms with E-state index in [2.05, 4.69) is 15.6 Å². The fourth-order valence-corrected chi connectivity index (χ4v) is 3.82. The normalized spacial score (nSPS) is 16.5. The molecule has 1 fully saturated rings. The standard InChI is InChI=1S/C21H24N4O5S/c1-31(29,30)13-5-11-22-21(28)18-8-4-12-25(18)19(26)14-23-20(27)17-10-9-15-6-2-3-7-16(15)24-17/h2-3,5-7,9-10,13,18H,4,8,11-12,14H2,1H3,(H,22,28)(H,23,27)/b13-5+/t18-/m1/s1. The van der Waals surface area contributed by atoms with Crippen molar-refractivity contribution < 1.29 is 22.8 Å². The first-order chi connectivity index (χ1) is 14.7. The third-order valence-electron chi connectivity index (χ3n) is 4.84. The number of fused-ring (bicyclic) bond motifs is 1. The third kappa shape index (κ3) is 6.11. The molecular weight excluding hydrogens is 420 g/mol. The highest BCUT2D eigenvalue weighted by Crippen LogP contribution is 2.17. The SMILES string of the molecule is CS(=O)(=O)/C=C/CNC(=O)[C@H]1CCCN1C(=O)CNC(=O)c1ccc2ccccc2n1. The zero-order valence-electron chi connectivity index (χ0n) is 17.1. The number of carbonyl (C=O) groups excluding carboxylic acids is 3. The van der Waals surface area contributed by atoms with E-state index in [0.717, 1.165) is 17.1 Å². The molecule has 0 radical (unpaired) electrons. The lowest BCUT2D eigenvalue weighted by atomic mass is 10.2. The summed E-state index contributed by atoms with van der Waals surface area (Å²) in [6.45, 7) is 0.222. The molecule has 164 valence electrons. The molecular formula is C21H24N4O5S. The number of para-hydroxylation sites is 1. The highest BCUT2D eigenvalue weighted by Gasteiger charge is 2.33. The number of likely N-dealkylation sites (tertiary alicyclic amines) is 1. The van der Waals surface area contributed by atoms with Crippen molar-refractivity contribution in [1.82, 2.24) is 20.5 Å². The lowest BCUT2D eigenvalue weighted by Gasteiger charge is -2.24. The van der Waals surface area contributed by atoms with E-state index in [-0.39, 0.29) is 30.6 Å². The first kappa shape index (κ1) is 22.4. The van der Waals surface area contributed by atoms with Crippen molar-refractivity contribution >= 4 is 38.5 Å². The van der Waals surface area contributed by atoms with E-state index >= 15 is 0 Å². The molecule has 0 bridgehead atoms. The smallest absolute Gasteiger partial charge is 0.270 e. The van der Waals surface area contributed by atoms with Crippen molar-refractivity contribution in [1.29, 1.82) is 0 Å². The average Bonchev–Trinajstić information content (AvgIpc) is 3.24. The molecule has 1 aromatic heterocycles. The van der Waals surface area contributed by atoms with E-state index in [1.807, 2.05) is 18.2 Å². The summed E-state index contributed by atoms with van der Waals surface area (Å²) in [5, 5.41) is 7.10. The fraction of sp³-hybridized carbons (Fsp3) is 0.333. The first-order valence-electron chi connectivity index (χ1n) is 9.82. The predicted octanol–water partition coefficient (Wildman–Crippen LogP) is 0.630. The highest BCUT2D eigenvalue weighted by molar-refractivity contribution is 7.93. The number of pyridine rings is 1. The van der Waals surface area contributed by atoms with Crippen molar-refractivity contribution in [3.05, 3.63) is 53.6 Å². The Labute approximate surface area is 180 Å². The molecule has 9 nitrogen and oxygen atoms in total. The van der Waals surface area contributed by atoms with Gasteiger partial charge >= 0.3 is 0 Å². The molecule has 0 aliphatic carbocycles. The van der Waals surface area contributed by atoms with E-state index in [9.17, 15) is 22.8 Å². The number of nitrogens with one attached hydrogen (secondary N) is 2. The van der Waals surface area contributed by atoms with Crippen LogP contribution in [0.2, 0.25) is 0 Å². The van der Waals surface area contributed by atoms with Gasteiger partial charge in [0.15, 0.2) is 9.84 Å². The van der Waals surface area contributed by atoms with Gasteiger partial charge in [-0.25, -0.2) is 13.4 Å². The molecule has 0 unspecified atom stereocenters. The van der Waals surface area contributed by atoms with Crippen molar-refractivity contribution in [3.63, 3.8) is 0 Å². The van der Waals surface area contributed by atoms with Crippen LogP contribution in [0.25, 0.3) is 10.9 Å². The molecule has 1 aliphatic rings. The lowest BCUT2D eigenvalue weighted by molar-refractivity contribution is -0.137. The maximum absolute atomic E-state index is 12.6. The third-order valence-corrected chi connectivity index (χ3v) is 5.53. The van der Waals surface area contributed by atoms with Crippen LogP contribution in [0.15, 0.2) is 47.9 Å². The van der Waals surface area contributed by atoms with Crippen LogP contribution in [-0.4, -0.2) is 68.0 Å². The molecule has 3 amide bonds. The molecule has 1 aromatic carbocycles. The molecule has 3 rings (SSSR count). The van der Waals surface area contributed by atoms with Gasteiger partial charge in [-0.15, -0.1) is 0 Å². The Bertz CT molecular complexity index is 1130. The first-order valence-corrected chi connectivity index (χ1v) is 11.8. The summed E-state index contributed by atoms with van der Waals surface area (Å²) in [5.74, 6) is -1.18. The van der Waals surface area contributed by atoms with Crippen LogP contribution < -0.4 is 10.6 Å². The Kier molecular flexibility index (Phi) is 7.01. The molecule has 1 saturated heterocycles. The predicted molar refractivity (Wildman–Crippen MR) is 116 cm³/mol. The molecule has 1 atom stereocenters. The second kappa shape index (κ2) is 9.69. The summed E-state index contributed by atoms with van der Waals surface area (Å²) in [7, 11) is -3.26. The molecule has 2 aromatic rings. The van der Waals surface area contributed by atoms with E-state index in [1.54, 1.807) is 18.2 Å². The maximum atomic E-state index is 12.6. The van der Waals surface area contributed by atoms with Gasteiger partial charge < -0.3 is 15.5 Å². The van der Waals surface area contributed by atoms with Crippen LogP contribution in [0.4, 0.5) is 0 Å². The number of hydrogen-bond acceptors (Lipinski definition) is 6. The lowest BCUT2D eigenvalue weighted by Crippen LogP contribution is -2.49. The summed E-state index contributed by atoms with van der Waals surface area (Å²) in [6, 6.07) is 10.1. The van der Waals surface area contributed by atoms with Gasteiger partial charge in [-0.3, -0.25) is 14.4 Å². The van der Waals surface area contributed by atoms with Gasteiger partial charge in [-0.2, -0.15) is 0 Å². The van der Waals surface area contributed by atoms with Gasteiger partial charge in [0, 0.05) is 30.1 Å². The summed E-state index contributed by atoms with van der Waals surface area (Å²) in [4.78, 5) is 43.1. The van der Waals surface area contributed by atoms with Gasteiger partial charge in [0.05, 0.1) is 12.1 Å². The van der Waals surface area contributed by atoms with Gasteiger partial charge in [-0.05, 0) is 25.0 Å². The monoisotopic (exact) mass is 444 g/mol. The number of benzene rings is 1. The Hall–Kier alpha value is -3.27. The molecule has 31 heavy (non-hydrogen) atoms. The van der Waals surface area contributed by atoms with Crippen molar-refractivity contribution in [2.75, 3.05) is 25.9 Å². The number of aromatic nitrogens is 1. The van der Waals surface area contributed by atoms with Crippen LogP contribution in [-0.2, 0) is 19.4 Å². The maximum Gasteiger partial charge on any atom is 0.270 e. The number of rotatable bonds is 7. The van der Waals surface area contributed by atoms with E-state index < -0.39 is 21.8 Å². The Balaban J connectivity index is 1.54. The van der Waals surface area contributed by atoms with Crippen LogP contribution >= 0.6 is 0 Å². The minimum absolute atomic E-state index is 0.0504. The highest BCUT2D eigenvalue weighted by atomic mass is 32.2. The topological polar surface area (TPSA) is 126 Å². The summed E-state index contributed by atoms with van der Waals surface area (Å²) in [6.07, 6.45) is 3.58. The van der Waals surface area contributed by atoms with Gasteiger partial charge in [0.1, 0.15) is 11.7 Å². The van der Waals surface area contributed by atoms with E-state index in [4.69, 9.17) is 0 Å². The quantitative estimate of drug-likeness (QED) is 0.645. The largest absolute Gasteiger partial charge is 0.351 e. The number of amides is 3.